The number of phenolic OH excluding ortho intramolecular Hbond substituents is 1. The van der Waals surface area contributed by atoms with Gasteiger partial charge in [0.1, 0.15) is 5.75 Å². The number of benzene rings is 2. The van der Waals surface area contributed by atoms with E-state index in [1.807, 2.05) is 0 Å². The highest BCUT2D eigenvalue weighted by Gasteiger charge is 2.15. The van der Waals surface area contributed by atoms with Gasteiger partial charge in [0, 0.05) is 11.8 Å². The maximum atomic E-state index is 13.5. The van der Waals surface area contributed by atoms with Crippen molar-refractivity contribution in [2.45, 2.75) is 13.5 Å². The molecule has 4 nitrogen and oxygen atoms in total. The van der Waals surface area contributed by atoms with E-state index in [0.29, 0.717) is 5.56 Å². The third-order valence-corrected chi connectivity index (χ3v) is 2.89. The van der Waals surface area contributed by atoms with E-state index < -0.39 is 24.1 Å². The third kappa shape index (κ3) is 3.49. The average Bonchev–Trinajstić information content (AvgIpc) is 2.44. The van der Waals surface area contributed by atoms with Gasteiger partial charge in [-0.25, -0.2) is 4.39 Å². The van der Waals surface area contributed by atoms with Gasteiger partial charge in [-0.15, -0.1) is 0 Å². The fourth-order valence-electron chi connectivity index (χ4n) is 1.81. The Balaban J connectivity index is 2.18. The molecule has 0 fully saturated rings. The predicted molar refractivity (Wildman–Crippen MR) is 73.8 cm³/mol. The maximum absolute atomic E-state index is 13.5. The molecule has 0 aliphatic heterocycles. The lowest BCUT2D eigenvalue weighted by Gasteiger charge is -2.10. The molecule has 0 radical (unpaired) electrons. The fraction of sp³-hybridized carbons (Fsp3) is 0.133. The monoisotopic (exact) mass is 311 g/mol. The number of ether oxygens (including phenoxy) is 1. The lowest BCUT2D eigenvalue weighted by atomic mass is 10.1. The second kappa shape index (κ2) is 6.38. The van der Waals surface area contributed by atoms with E-state index in [4.69, 9.17) is 0 Å². The van der Waals surface area contributed by atoms with Crippen LogP contribution in [0.5, 0.6) is 11.5 Å². The summed E-state index contributed by atoms with van der Waals surface area (Å²) in [5, 5.41) is 12.2. The van der Waals surface area contributed by atoms with Crippen LogP contribution in [0.3, 0.4) is 0 Å². The highest BCUT2D eigenvalue weighted by atomic mass is 19.3. The van der Waals surface area contributed by atoms with Crippen LogP contribution in [0.15, 0.2) is 36.4 Å². The van der Waals surface area contributed by atoms with Gasteiger partial charge < -0.3 is 15.2 Å². The van der Waals surface area contributed by atoms with Gasteiger partial charge in [0.2, 0.25) is 0 Å². The maximum Gasteiger partial charge on any atom is 0.387 e. The Bertz CT molecular complexity index is 704. The van der Waals surface area contributed by atoms with E-state index in [9.17, 15) is 23.1 Å². The number of phenols is 1. The molecule has 0 heterocycles. The summed E-state index contributed by atoms with van der Waals surface area (Å²) in [4.78, 5) is 12.0. The van der Waals surface area contributed by atoms with Crippen LogP contribution in [0.25, 0.3) is 0 Å². The second-order valence-corrected chi connectivity index (χ2v) is 4.45. The largest absolute Gasteiger partial charge is 0.507 e. The minimum absolute atomic E-state index is 0.0216. The van der Waals surface area contributed by atoms with E-state index >= 15 is 0 Å². The molecule has 116 valence electrons. The highest BCUT2D eigenvalue weighted by Crippen LogP contribution is 2.25. The first-order valence-corrected chi connectivity index (χ1v) is 6.23. The molecule has 1 amide bonds. The van der Waals surface area contributed by atoms with Crippen molar-refractivity contribution in [3.63, 3.8) is 0 Å². The molecular formula is C15H12F3NO3. The van der Waals surface area contributed by atoms with E-state index in [-0.39, 0.29) is 17.0 Å². The Morgan fingerprint density at radius 1 is 1.27 bits per heavy atom. The summed E-state index contributed by atoms with van der Waals surface area (Å²) in [6.45, 7) is -1.51. The van der Waals surface area contributed by atoms with Crippen LogP contribution in [0.1, 0.15) is 15.9 Å². The molecular weight excluding hydrogens is 299 g/mol. The molecule has 0 aromatic heterocycles. The van der Waals surface area contributed by atoms with Crippen molar-refractivity contribution in [2.75, 3.05) is 5.32 Å². The summed E-state index contributed by atoms with van der Waals surface area (Å²) >= 11 is 0. The zero-order valence-corrected chi connectivity index (χ0v) is 11.4. The van der Waals surface area contributed by atoms with Crippen LogP contribution >= 0.6 is 0 Å². The van der Waals surface area contributed by atoms with Crippen molar-refractivity contribution in [2.24, 2.45) is 0 Å². The number of rotatable bonds is 4. The number of nitrogens with one attached hydrogen (secondary N) is 1. The van der Waals surface area contributed by atoms with E-state index in [0.717, 1.165) is 12.1 Å². The number of anilines is 1. The van der Waals surface area contributed by atoms with Crippen molar-refractivity contribution < 1.29 is 27.8 Å². The summed E-state index contributed by atoms with van der Waals surface area (Å²) in [5.74, 6) is -2.49. The first-order valence-electron chi connectivity index (χ1n) is 6.23. The molecule has 7 heteroatoms. The molecule has 2 aromatic rings. The summed E-state index contributed by atoms with van der Waals surface area (Å²) in [6.07, 6.45) is 0. The minimum atomic E-state index is -3.14. The predicted octanol–water partition coefficient (Wildman–Crippen LogP) is 3.69. The Morgan fingerprint density at radius 3 is 2.64 bits per heavy atom. The molecule has 0 saturated carbocycles. The molecule has 0 aliphatic rings. The van der Waals surface area contributed by atoms with Crippen molar-refractivity contribution in [3.8, 4) is 11.5 Å². The standard InChI is InChI=1S/C15H12F3NO3/c1-8-3-2-4-10(13(8)20)14(21)19-9-5-6-12(11(16)7-9)22-15(17)18/h2-7,15,20H,1H3,(H,19,21). The summed E-state index contributed by atoms with van der Waals surface area (Å²) < 4.78 is 41.6. The van der Waals surface area contributed by atoms with E-state index in [1.165, 1.54) is 12.1 Å². The molecule has 2 N–H and O–H groups in total. The number of hydrogen-bond donors (Lipinski definition) is 2. The van der Waals surface area contributed by atoms with Gasteiger partial charge in [0.15, 0.2) is 11.6 Å². The second-order valence-electron chi connectivity index (χ2n) is 4.45. The number of para-hydroxylation sites is 1. The Hall–Kier alpha value is -2.70. The van der Waals surface area contributed by atoms with Crippen LogP contribution in [0.4, 0.5) is 18.9 Å². The minimum Gasteiger partial charge on any atom is -0.507 e. The van der Waals surface area contributed by atoms with E-state index in [1.54, 1.807) is 19.1 Å². The number of amides is 1. The van der Waals surface area contributed by atoms with Crippen LogP contribution in [-0.2, 0) is 0 Å². The normalized spacial score (nSPS) is 10.6. The molecule has 22 heavy (non-hydrogen) atoms. The Morgan fingerprint density at radius 2 is 2.00 bits per heavy atom. The quantitative estimate of drug-likeness (QED) is 0.905. The number of aromatic hydroxyl groups is 1. The zero-order valence-electron chi connectivity index (χ0n) is 11.4. The average molecular weight is 311 g/mol. The summed E-state index contributed by atoms with van der Waals surface area (Å²) in [6, 6.07) is 7.66. The Labute approximate surface area is 124 Å². The van der Waals surface area contributed by atoms with E-state index in [2.05, 4.69) is 10.1 Å². The van der Waals surface area contributed by atoms with Gasteiger partial charge in [-0.05, 0) is 30.7 Å². The summed E-state index contributed by atoms with van der Waals surface area (Å²) in [5.41, 5.74) is 0.581. The molecule has 0 bridgehead atoms. The molecule has 0 aliphatic carbocycles. The lowest BCUT2D eigenvalue weighted by Crippen LogP contribution is -2.13. The smallest absolute Gasteiger partial charge is 0.387 e. The molecule has 2 aromatic carbocycles. The first-order chi connectivity index (χ1) is 10.4. The van der Waals surface area contributed by atoms with Crippen molar-refractivity contribution in [3.05, 3.63) is 53.3 Å². The molecule has 2 rings (SSSR count). The molecule has 0 unspecified atom stereocenters. The van der Waals surface area contributed by atoms with Gasteiger partial charge in [-0.3, -0.25) is 4.79 Å². The topological polar surface area (TPSA) is 58.6 Å². The number of alkyl halides is 2. The van der Waals surface area contributed by atoms with Gasteiger partial charge >= 0.3 is 6.61 Å². The number of halogens is 3. The van der Waals surface area contributed by atoms with Crippen molar-refractivity contribution in [1.82, 2.24) is 0 Å². The number of aryl methyl sites for hydroxylation is 1. The van der Waals surface area contributed by atoms with Crippen LogP contribution in [0.2, 0.25) is 0 Å². The molecule has 0 spiro atoms. The van der Waals surface area contributed by atoms with Gasteiger partial charge in [-0.2, -0.15) is 8.78 Å². The zero-order chi connectivity index (χ0) is 16.3. The van der Waals surface area contributed by atoms with Gasteiger partial charge in [0.05, 0.1) is 5.56 Å². The molecule has 0 atom stereocenters. The number of carbonyl (C=O) groups is 1. The lowest BCUT2D eigenvalue weighted by molar-refractivity contribution is -0.0521. The highest BCUT2D eigenvalue weighted by molar-refractivity contribution is 6.06. The third-order valence-electron chi connectivity index (χ3n) is 2.89. The summed E-state index contributed by atoms with van der Waals surface area (Å²) in [7, 11) is 0. The van der Waals surface area contributed by atoms with Crippen LogP contribution in [-0.4, -0.2) is 17.6 Å². The Kier molecular flexibility index (Phi) is 4.55. The molecule has 0 saturated heterocycles. The number of hydrogen-bond acceptors (Lipinski definition) is 3. The van der Waals surface area contributed by atoms with Gasteiger partial charge in [-0.1, -0.05) is 12.1 Å². The van der Waals surface area contributed by atoms with Crippen molar-refractivity contribution >= 4 is 11.6 Å². The first kappa shape index (κ1) is 15.7. The SMILES string of the molecule is Cc1cccc(C(=O)Nc2ccc(OC(F)F)c(F)c2)c1O. The van der Waals surface area contributed by atoms with Crippen molar-refractivity contribution in [1.29, 1.82) is 0 Å². The van der Waals surface area contributed by atoms with Crippen LogP contribution in [0, 0.1) is 12.7 Å². The number of carbonyl (C=O) groups excluding carboxylic acids is 1. The van der Waals surface area contributed by atoms with Gasteiger partial charge in [0.25, 0.3) is 5.91 Å². The van der Waals surface area contributed by atoms with Crippen LogP contribution < -0.4 is 10.1 Å². The fourth-order valence-corrected chi connectivity index (χ4v) is 1.81.